The minimum Gasteiger partial charge on any atom is -0.493 e. The van der Waals surface area contributed by atoms with E-state index in [2.05, 4.69) is 0 Å². The van der Waals surface area contributed by atoms with Gasteiger partial charge in [0.2, 0.25) is 0 Å². The number of anilines is 1. The fourth-order valence-corrected chi connectivity index (χ4v) is 3.88. The molecule has 1 amide bonds. The van der Waals surface area contributed by atoms with Crippen LogP contribution < -0.4 is 14.4 Å². The number of benzene rings is 2. The maximum absolute atomic E-state index is 12.6. The van der Waals surface area contributed by atoms with E-state index in [1.54, 1.807) is 32.1 Å². The zero-order chi connectivity index (χ0) is 20.3. The first-order chi connectivity index (χ1) is 13.5. The van der Waals surface area contributed by atoms with Gasteiger partial charge in [0.25, 0.3) is 0 Å². The third-order valence-electron chi connectivity index (χ3n) is 5.21. The lowest BCUT2D eigenvalue weighted by molar-refractivity contribution is 0.128. The van der Waals surface area contributed by atoms with Crippen LogP contribution in [0.15, 0.2) is 42.5 Å². The van der Waals surface area contributed by atoms with Crippen LogP contribution in [0.25, 0.3) is 0 Å². The highest BCUT2D eigenvalue weighted by Crippen LogP contribution is 2.48. The third-order valence-corrected chi connectivity index (χ3v) is 5.21. The summed E-state index contributed by atoms with van der Waals surface area (Å²) in [5.41, 5.74) is 2.35. The normalized spacial score (nSPS) is 19.5. The van der Waals surface area contributed by atoms with Crippen LogP contribution in [-0.4, -0.2) is 38.1 Å². The molecule has 28 heavy (non-hydrogen) atoms. The molecule has 3 unspecified atom stereocenters. The molecule has 2 aromatic rings. The average molecular weight is 385 g/mol. The predicted octanol–water partition coefficient (Wildman–Crippen LogP) is 4.28. The van der Waals surface area contributed by atoms with Crippen molar-refractivity contribution in [3.8, 4) is 11.5 Å². The van der Waals surface area contributed by atoms with E-state index in [0.717, 1.165) is 11.1 Å². The molecule has 0 aromatic heterocycles. The van der Waals surface area contributed by atoms with Gasteiger partial charge in [-0.3, -0.25) is 4.90 Å². The SMILES string of the molecule is CCOC(=O)N1c2cc(OC)c(OC)cc2C(C(O)c2ccccc2)CC1C. The summed E-state index contributed by atoms with van der Waals surface area (Å²) in [6.45, 7) is 4.03. The van der Waals surface area contributed by atoms with Gasteiger partial charge in [0.05, 0.1) is 32.6 Å². The average Bonchev–Trinajstić information content (AvgIpc) is 2.72. The molecule has 1 aliphatic heterocycles. The van der Waals surface area contributed by atoms with E-state index in [1.807, 2.05) is 43.3 Å². The van der Waals surface area contributed by atoms with Gasteiger partial charge in [0.1, 0.15) is 0 Å². The zero-order valence-electron chi connectivity index (χ0n) is 16.7. The quantitative estimate of drug-likeness (QED) is 0.832. The van der Waals surface area contributed by atoms with Crippen molar-refractivity contribution in [3.05, 3.63) is 53.6 Å². The van der Waals surface area contributed by atoms with Crippen LogP contribution in [0.5, 0.6) is 11.5 Å². The minimum atomic E-state index is -0.704. The smallest absolute Gasteiger partial charge is 0.414 e. The highest BCUT2D eigenvalue weighted by Gasteiger charge is 2.39. The molecule has 0 bridgehead atoms. The Hall–Kier alpha value is -2.73. The van der Waals surface area contributed by atoms with Crippen LogP contribution >= 0.6 is 0 Å². The Bertz CT molecular complexity index is 823. The number of carbonyl (C=O) groups is 1. The highest BCUT2D eigenvalue weighted by molar-refractivity contribution is 5.91. The highest BCUT2D eigenvalue weighted by atomic mass is 16.6. The third kappa shape index (κ3) is 3.64. The maximum atomic E-state index is 12.6. The summed E-state index contributed by atoms with van der Waals surface area (Å²) in [4.78, 5) is 14.3. The molecule has 0 fully saturated rings. The van der Waals surface area contributed by atoms with E-state index >= 15 is 0 Å². The summed E-state index contributed by atoms with van der Waals surface area (Å²) < 4.78 is 16.2. The number of rotatable bonds is 5. The molecule has 6 heteroatoms. The molecular formula is C22H27NO5. The van der Waals surface area contributed by atoms with E-state index in [0.29, 0.717) is 30.2 Å². The summed E-state index contributed by atoms with van der Waals surface area (Å²) in [7, 11) is 3.13. The summed E-state index contributed by atoms with van der Waals surface area (Å²) in [5.74, 6) is 0.889. The molecule has 6 nitrogen and oxygen atoms in total. The molecule has 0 spiro atoms. The van der Waals surface area contributed by atoms with Gasteiger partial charge in [-0.2, -0.15) is 0 Å². The van der Waals surface area contributed by atoms with Crippen molar-refractivity contribution in [2.24, 2.45) is 0 Å². The van der Waals surface area contributed by atoms with Crippen molar-refractivity contribution in [1.29, 1.82) is 0 Å². The number of aliphatic hydroxyl groups excluding tert-OH is 1. The molecule has 1 aliphatic rings. The summed E-state index contributed by atoms with van der Waals surface area (Å²) in [5, 5.41) is 11.1. The van der Waals surface area contributed by atoms with E-state index in [9.17, 15) is 9.90 Å². The Morgan fingerprint density at radius 1 is 1.18 bits per heavy atom. The first-order valence-electron chi connectivity index (χ1n) is 9.46. The Balaban J connectivity index is 2.12. The lowest BCUT2D eigenvalue weighted by Crippen LogP contribution is -2.44. The number of fused-ring (bicyclic) bond motifs is 1. The Morgan fingerprint density at radius 2 is 1.82 bits per heavy atom. The lowest BCUT2D eigenvalue weighted by Gasteiger charge is -2.40. The molecule has 0 saturated carbocycles. The molecule has 0 radical (unpaired) electrons. The predicted molar refractivity (Wildman–Crippen MR) is 107 cm³/mol. The van der Waals surface area contributed by atoms with Crippen LogP contribution in [0.4, 0.5) is 10.5 Å². The molecule has 1 heterocycles. The number of hydrogen-bond acceptors (Lipinski definition) is 5. The van der Waals surface area contributed by atoms with Crippen LogP contribution in [0.2, 0.25) is 0 Å². The molecular weight excluding hydrogens is 358 g/mol. The molecule has 0 saturated heterocycles. The molecule has 3 atom stereocenters. The molecule has 0 aliphatic carbocycles. The lowest BCUT2D eigenvalue weighted by atomic mass is 9.80. The maximum Gasteiger partial charge on any atom is 0.414 e. The molecule has 3 rings (SSSR count). The van der Waals surface area contributed by atoms with Gasteiger partial charge in [-0.25, -0.2) is 4.79 Å². The number of ether oxygens (including phenoxy) is 3. The van der Waals surface area contributed by atoms with Crippen molar-refractivity contribution in [2.75, 3.05) is 25.7 Å². The number of amides is 1. The zero-order valence-corrected chi connectivity index (χ0v) is 16.7. The van der Waals surface area contributed by atoms with Crippen molar-refractivity contribution in [2.45, 2.75) is 38.3 Å². The van der Waals surface area contributed by atoms with Crippen molar-refractivity contribution >= 4 is 11.8 Å². The van der Waals surface area contributed by atoms with E-state index in [-0.39, 0.29) is 12.0 Å². The number of nitrogens with zero attached hydrogens (tertiary/aromatic N) is 1. The first kappa shape index (κ1) is 20.0. The number of methoxy groups -OCH3 is 2. The van der Waals surface area contributed by atoms with Crippen molar-refractivity contribution < 1.29 is 24.1 Å². The van der Waals surface area contributed by atoms with Gasteiger partial charge < -0.3 is 19.3 Å². The minimum absolute atomic E-state index is 0.145. The van der Waals surface area contributed by atoms with Crippen LogP contribution in [0.3, 0.4) is 0 Å². The monoisotopic (exact) mass is 385 g/mol. The van der Waals surface area contributed by atoms with Gasteiger partial charge in [-0.15, -0.1) is 0 Å². The van der Waals surface area contributed by atoms with Gasteiger partial charge in [-0.05, 0) is 37.5 Å². The molecule has 1 N–H and O–H groups in total. The fourth-order valence-electron chi connectivity index (χ4n) is 3.88. The van der Waals surface area contributed by atoms with Crippen LogP contribution in [0.1, 0.15) is 43.4 Å². The second-order valence-electron chi connectivity index (χ2n) is 6.88. The van der Waals surface area contributed by atoms with Gasteiger partial charge in [0, 0.05) is 18.0 Å². The topological polar surface area (TPSA) is 68.2 Å². The van der Waals surface area contributed by atoms with E-state index in [1.165, 1.54) is 0 Å². The largest absolute Gasteiger partial charge is 0.493 e. The van der Waals surface area contributed by atoms with E-state index in [4.69, 9.17) is 14.2 Å². The van der Waals surface area contributed by atoms with Crippen molar-refractivity contribution in [3.63, 3.8) is 0 Å². The Morgan fingerprint density at radius 3 is 2.43 bits per heavy atom. The number of aliphatic hydroxyl groups is 1. The fraction of sp³-hybridized carbons (Fsp3) is 0.409. The first-order valence-corrected chi connectivity index (χ1v) is 9.46. The van der Waals surface area contributed by atoms with Gasteiger partial charge >= 0.3 is 6.09 Å². The summed E-state index contributed by atoms with van der Waals surface area (Å²) >= 11 is 0. The molecule has 150 valence electrons. The molecule has 2 aromatic carbocycles. The number of hydrogen-bond donors (Lipinski definition) is 1. The summed E-state index contributed by atoms with van der Waals surface area (Å²) in [6.07, 6.45) is -0.516. The van der Waals surface area contributed by atoms with Gasteiger partial charge in [-0.1, -0.05) is 30.3 Å². The standard InChI is InChI=1S/C22H27NO5/c1-5-28-22(25)23-14(2)11-17(21(24)15-9-7-6-8-10-15)16-12-19(26-3)20(27-4)13-18(16)23/h6-10,12-14,17,21,24H,5,11H2,1-4H3. The van der Waals surface area contributed by atoms with Crippen LogP contribution in [0, 0.1) is 0 Å². The number of carbonyl (C=O) groups excluding carboxylic acids is 1. The summed E-state index contributed by atoms with van der Waals surface area (Å²) in [6, 6.07) is 13.0. The van der Waals surface area contributed by atoms with Gasteiger partial charge in [0.15, 0.2) is 11.5 Å². The van der Waals surface area contributed by atoms with Crippen LogP contribution in [-0.2, 0) is 4.74 Å². The van der Waals surface area contributed by atoms with Crippen molar-refractivity contribution in [1.82, 2.24) is 0 Å². The second-order valence-corrected chi connectivity index (χ2v) is 6.88. The second kappa shape index (κ2) is 8.52. The Kier molecular flexibility index (Phi) is 6.09. The van der Waals surface area contributed by atoms with E-state index < -0.39 is 12.2 Å². The Labute approximate surface area is 165 Å².